The van der Waals surface area contributed by atoms with Crippen molar-refractivity contribution in [2.24, 2.45) is 0 Å². The van der Waals surface area contributed by atoms with Crippen LogP contribution in [0, 0.1) is 5.41 Å². The first-order valence-electron chi connectivity index (χ1n) is 13.1. The molecule has 0 saturated heterocycles. The maximum atomic E-state index is 14.8. The number of alkyl halides is 5. The summed E-state index contributed by atoms with van der Waals surface area (Å²) in [4.78, 5) is 17.5. The first-order chi connectivity index (χ1) is 20.7. The van der Waals surface area contributed by atoms with Gasteiger partial charge in [-0.2, -0.15) is 5.10 Å². The van der Waals surface area contributed by atoms with E-state index in [1.54, 1.807) is 24.3 Å². The summed E-state index contributed by atoms with van der Waals surface area (Å²) >= 11 is 0. The van der Waals surface area contributed by atoms with Crippen LogP contribution in [0.5, 0.6) is 11.8 Å². The molecule has 1 fully saturated rings. The fraction of sp³-hybridized carbons (Fsp3) is 0.333. The van der Waals surface area contributed by atoms with Gasteiger partial charge in [-0.15, -0.1) is 0 Å². The Hall–Kier alpha value is -4.89. The predicted molar refractivity (Wildman–Crippen MR) is 141 cm³/mol. The highest BCUT2D eigenvalue weighted by atomic mass is 19.3. The van der Waals surface area contributed by atoms with Gasteiger partial charge in [-0.05, 0) is 30.5 Å². The topological polar surface area (TPSA) is 122 Å². The van der Waals surface area contributed by atoms with Crippen molar-refractivity contribution in [2.45, 2.75) is 44.5 Å². The Morgan fingerprint density at radius 3 is 2.37 bits per heavy atom. The van der Waals surface area contributed by atoms with Gasteiger partial charge in [0.15, 0.2) is 11.5 Å². The molecular weight excluding hydrogens is 577 g/mol. The molecule has 1 saturated carbocycles. The number of fused-ring (bicyclic) bond motifs is 1. The second kappa shape index (κ2) is 11.1. The number of imidazole rings is 1. The number of rotatable bonds is 10. The summed E-state index contributed by atoms with van der Waals surface area (Å²) in [5.74, 6) is 0.627. The molecule has 43 heavy (non-hydrogen) atoms. The van der Waals surface area contributed by atoms with Crippen LogP contribution in [0.15, 0.2) is 42.9 Å². The monoisotopic (exact) mass is 601 g/mol. The van der Waals surface area contributed by atoms with Crippen LogP contribution in [-0.2, 0) is 6.54 Å². The maximum Gasteiger partial charge on any atom is 0.288 e. The summed E-state index contributed by atoms with van der Waals surface area (Å²) in [6.07, 6.45) is -4.63. The van der Waals surface area contributed by atoms with Crippen LogP contribution in [0.3, 0.4) is 0 Å². The molecule has 6 rings (SSSR count). The van der Waals surface area contributed by atoms with E-state index in [2.05, 4.69) is 25.0 Å². The Morgan fingerprint density at radius 2 is 1.74 bits per heavy atom. The third-order valence-electron chi connectivity index (χ3n) is 7.08. The lowest BCUT2D eigenvalue weighted by atomic mass is 10.1. The van der Waals surface area contributed by atoms with E-state index in [-0.39, 0.29) is 41.2 Å². The lowest BCUT2D eigenvalue weighted by Crippen LogP contribution is -2.29. The molecule has 4 aromatic heterocycles. The zero-order valence-corrected chi connectivity index (χ0v) is 22.8. The first-order valence-corrected chi connectivity index (χ1v) is 13.1. The number of hydrogen-bond acceptors (Lipinski definition) is 8. The molecular formula is C27H24F5N9O2. The van der Waals surface area contributed by atoms with Crippen molar-refractivity contribution in [1.29, 1.82) is 5.41 Å². The average Bonchev–Trinajstić information content (AvgIpc) is 3.71. The second-order valence-corrected chi connectivity index (χ2v) is 9.80. The molecule has 1 N–H and O–H groups in total. The highest BCUT2D eigenvalue weighted by molar-refractivity contribution is 5.76. The number of nitrogens with one attached hydrogen (secondary N) is 1. The highest BCUT2D eigenvalue weighted by Gasteiger charge is 2.32. The fourth-order valence-electron chi connectivity index (χ4n) is 4.87. The van der Waals surface area contributed by atoms with Gasteiger partial charge in [-0.1, -0.05) is 12.1 Å². The molecule has 1 aliphatic carbocycles. The van der Waals surface area contributed by atoms with Crippen molar-refractivity contribution >= 4 is 11.2 Å². The van der Waals surface area contributed by atoms with Crippen molar-refractivity contribution in [3.05, 3.63) is 65.4 Å². The van der Waals surface area contributed by atoms with Gasteiger partial charge in [-0.25, -0.2) is 46.6 Å². The van der Waals surface area contributed by atoms with Crippen LogP contribution in [0.1, 0.15) is 48.4 Å². The molecule has 224 valence electrons. The van der Waals surface area contributed by atoms with E-state index in [9.17, 15) is 22.0 Å². The third kappa shape index (κ3) is 5.06. The van der Waals surface area contributed by atoms with Crippen molar-refractivity contribution in [3.63, 3.8) is 0 Å². The van der Waals surface area contributed by atoms with Gasteiger partial charge in [0.05, 0.1) is 38.3 Å². The van der Waals surface area contributed by atoms with Crippen molar-refractivity contribution in [3.8, 4) is 28.8 Å². The Morgan fingerprint density at radius 1 is 1.00 bits per heavy atom. The SMILES string of the molecule is COc1ncnc(C2CC2)c1-c1ncc2c(n1)n(Cc1ccc(-n3nc(C(F)F)cc3OC)cc1)c(=N)n2C(F)C(F)F. The molecule has 11 nitrogen and oxygen atoms in total. The van der Waals surface area contributed by atoms with E-state index in [4.69, 9.17) is 14.9 Å². The smallest absolute Gasteiger partial charge is 0.288 e. The number of nitrogens with zero attached hydrogens (tertiary/aromatic N) is 8. The number of hydrogen-bond donors (Lipinski definition) is 1. The maximum absolute atomic E-state index is 14.8. The predicted octanol–water partition coefficient (Wildman–Crippen LogP) is 4.97. The minimum Gasteiger partial charge on any atom is -0.481 e. The van der Waals surface area contributed by atoms with Crippen LogP contribution in [-0.4, -0.2) is 59.5 Å². The number of methoxy groups -OCH3 is 2. The van der Waals surface area contributed by atoms with E-state index in [1.165, 1.54) is 36.0 Å². The Kier molecular flexibility index (Phi) is 7.27. The summed E-state index contributed by atoms with van der Waals surface area (Å²) < 4.78 is 81.9. The van der Waals surface area contributed by atoms with Crippen molar-refractivity contribution in [1.82, 2.24) is 38.9 Å². The number of benzene rings is 1. The van der Waals surface area contributed by atoms with E-state index < -0.39 is 30.5 Å². The quantitative estimate of drug-likeness (QED) is 0.225. The van der Waals surface area contributed by atoms with Gasteiger partial charge in [0.25, 0.3) is 12.9 Å². The highest BCUT2D eigenvalue weighted by Crippen LogP contribution is 2.45. The zero-order valence-electron chi connectivity index (χ0n) is 22.8. The lowest BCUT2D eigenvalue weighted by Gasteiger charge is -2.11. The van der Waals surface area contributed by atoms with Gasteiger partial charge < -0.3 is 9.47 Å². The minimum atomic E-state index is -3.40. The molecule has 1 unspecified atom stereocenters. The standard InChI is InChI=1S/C27H24F5N9O2/c1-42-18-9-16(21(28)29)38-41(18)15-7-3-13(4-8-15)11-39-25-17(40(27(39)33)23(32)22(30)31)10-34-24(37-25)19-20(14-5-6-14)35-12-36-26(19)43-2/h3-4,7-10,12,14,21-23,33H,5-6,11H2,1-2H3. The van der Waals surface area contributed by atoms with E-state index >= 15 is 0 Å². The summed E-state index contributed by atoms with van der Waals surface area (Å²) in [7, 11) is 2.77. The first kappa shape index (κ1) is 28.2. The minimum absolute atomic E-state index is 0.0327. The molecule has 16 heteroatoms. The van der Waals surface area contributed by atoms with Gasteiger partial charge in [0.1, 0.15) is 23.1 Å². The normalized spacial score (nSPS) is 14.2. The molecule has 1 atom stereocenters. The summed E-state index contributed by atoms with van der Waals surface area (Å²) in [6, 6.07) is 7.58. The molecule has 1 aromatic carbocycles. The molecule has 0 bridgehead atoms. The van der Waals surface area contributed by atoms with Gasteiger partial charge in [-0.3, -0.25) is 14.5 Å². The third-order valence-corrected chi connectivity index (χ3v) is 7.08. The summed E-state index contributed by atoms with van der Waals surface area (Å²) in [5, 5.41) is 12.5. The molecule has 0 radical (unpaired) electrons. The van der Waals surface area contributed by atoms with Crippen LogP contribution in [0.4, 0.5) is 22.0 Å². The largest absolute Gasteiger partial charge is 0.481 e. The summed E-state index contributed by atoms with van der Waals surface area (Å²) in [6.45, 7) is -0.0640. The van der Waals surface area contributed by atoms with E-state index in [0.29, 0.717) is 27.1 Å². The fourth-order valence-corrected chi connectivity index (χ4v) is 4.87. The van der Waals surface area contributed by atoms with Crippen molar-refractivity contribution < 1.29 is 31.4 Å². The molecule has 4 heterocycles. The number of aromatic nitrogens is 8. The van der Waals surface area contributed by atoms with Gasteiger partial charge >= 0.3 is 0 Å². The van der Waals surface area contributed by atoms with E-state index in [0.717, 1.165) is 18.9 Å². The Balaban J connectivity index is 1.44. The molecule has 0 amide bonds. The Bertz CT molecular complexity index is 1850. The number of ether oxygens (including phenoxy) is 2. The van der Waals surface area contributed by atoms with Crippen LogP contribution in [0.2, 0.25) is 0 Å². The Labute approximate surface area is 240 Å². The number of halogens is 5. The van der Waals surface area contributed by atoms with Crippen LogP contribution in [0.25, 0.3) is 28.2 Å². The van der Waals surface area contributed by atoms with Crippen LogP contribution < -0.4 is 15.1 Å². The zero-order chi connectivity index (χ0) is 30.4. The molecule has 5 aromatic rings. The molecule has 1 aliphatic rings. The van der Waals surface area contributed by atoms with E-state index in [1.807, 2.05) is 0 Å². The molecule has 0 aliphatic heterocycles. The van der Waals surface area contributed by atoms with Crippen molar-refractivity contribution in [2.75, 3.05) is 14.2 Å². The van der Waals surface area contributed by atoms with Gasteiger partial charge in [0.2, 0.25) is 23.7 Å². The summed E-state index contributed by atoms with van der Waals surface area (Å²) in [5.41, 5.74) is 1.02. The average molecular weight is 602 g/mol. The van der Waals surface area contributed by atoms with Gasteiger partial charge in [0, 0.05) is 12.0 Å². The molecule has 0 spiro atoms. The van der Waals surface area contributed by atoms with Crippen LogP contribution >= 0.6 is 0 Å². The lowest BCUT2D eigenvalue weighted by molar-refractivity contribution is 0.00735. The second-order valence-electron chi connectivity index (χ2n) is 9.80.